The number of benzene rings is 4. The molecule has 2 atom stereocenters. The highest BCUT2D eigenvalue weighted by atomic mass is 28.3. The number of amides is 1. The number of methoxy groups -OCH3 is 1. The van der Waals surface area contributed by atoms with Gasteiger partial charge in [-0.1, -0.05) is 68.2 Å². The summed E-state index contributed by atoms with van der Waals surface area (Å²) in [7, 11) is 0.335. The van der Waals surface area contributed by atoms with Crippen molar-refractivity contribution >= 4 is 24.9 Å². The van der Waals surface area contributed by atoms with Crippen molar-refractivity contribution in [2.24, 2.45) is 0 Å². The van der Waals surface area contributed by atoms with Crippen LogP contribution in [0, 0.1) is 5.82 Å². The van der Waals surface area contributed by atoms with Crippen LogP contribution in [0.4, 0.5) is 9.18 Å². The van der Waals surface area contributed by atoms with Gasteiger partial charge in [-0.15, -0.1) is 0 Å². The van der Waals surface area contributed by atoms with E-state index >= 15 is 0 Å². The van der Waals surface area contributed by atoms with Gasteiger partial charge in [-0.3, -0.25) is 0 Å². The average molecular weight is 616 g/mol. The lowest BCUT2D eigenvalue weighted by Gasteiger charge is -2.38. The number of likely N-dealkylation sites (tertiary alicyclic amines) is 1. The molecule has 44 heavy (non-hydrogen) atoms. The molecule has 4 aromatic rings. The third kappa shape index (κ3) is 8.39. The number of ether oxygens (including phenoxy) is 4. The molecule has 1 heterocycles. The summed E-state index contributed by atoms with van der Waals surface area (Å²) >= 11 is 0. The number of nitrogens with zero attached hydrogens (tertiary/aromatic N) is 1. The van der Waals surface area contributed by atoms with E-state index in [1.54, 1.807) is 12.0 Å². The van der Waals surface area contributed by atoms with Crippen molar-refractivity contribution in [2.45, 2.75) is 57.3 Å². The topological polar surface area (TPSA) is 57.2 Å². The van der Waals surface area contributed by atoms with Crippen LogP contribution in [0.15, 0.2) is 84.9 Å². The first-order valence-corrected chi connectivity index (χ1v) is 19.0. The van der Waals surface area contributed by atoms with E-state index in [4.69, 9.17) is 18.9 Å². The Balaban J connectivity index is 1.33. The Morgan fingerprint density at radius 1 is 0.932 bits per heavy atom. The Morgan fingerprint density at radius 3 is 2.50 bits per heavy atom. The van der Waals surface area contributed by atoms with E-state index in [9.17, 15) is 9.18 Å². The van der Waals surface area contributed by atoms with Crippen LogP contribution in [0.2, 0.25) is 25.7 Å². The van der Waals surface area contributed by atoms with Crippen molar-refractivity contribution in [3.63, 3.8) is 0 Å². The van der Waals surface area contributed by atoms with Crippen LogP contribution in [0.1, 0.15) is 29.0 Å². The third-order valence-corrected chi connectivity index (χ3v) is 9.77. The fraction of sp³-hybridized carbons (Fsp3) is 0.361. The summed E-state index contributed by atoms with van der Waals surface area (Å²) < 4.78 is 37.7. The quantitative estimate of drug-likeness (QED) is 0.159. The zero-order chi connectivity index (χ0) is 31.1. The van der Waals surface area contributed by atoms with Gasteiger partial charge in [0.1, 0.15) is 23.9 Å². The lowest BCUT2D eigenvalue weighted by Crippen LogP contribution is -2.47. The number of halogens is 1. The first-order valence-electron chi connectivity index (χ1n) is 15.2. The van der Waals surface area contributed by atoms with E-state index in [1.807, 2.05) is 54.6 Å². The normalized spacial score (nSPS) is 17.0. The van der Waals surface area contributed by atoms with Crippen LogP contribution in [-0.4, -0.2) is 52.0 Å². The van der Waals surface area contributed by atoms with Crippen molar-refractivity contribution in [2.75, 3.05) is 26.8 Å². The smallest absolute Gasteiger partial charge is 0.409 e. The monoisotopic (exact) mass is 615 g/mol. The maximum absolute atomic E-state index is 13.7. The Kier molecular flexibility index (Phi) is 10.2. The minimum Gasteiger partial charge on any atom is -0.497 e. The van der Waals surface area contributed by atoms with Gasteiger partial charge >= 0.3 is 6.09 Å². The van der Waals surface area contributed by atoms with Crippen LogP contribution in [0.5, 0.6) is 11.5 Å². The van der Waals surface area contributed by atoms with Gasteiger partial charge in [-0.05, 0) is 70.9 Å². The largest absolute Gasteiger partial charge is 0.497 e. The van der Waals surface area contributed by atoms with Gasteiger partial charge in [0.15, 0.2) is 0 Å². The van der Waals surface area contributed by atoms with Crippen molar-refractivity contribution in [3.05, 3.63) is 107 Å². The van der Waals surface area contributed by atoms with Gasteiger partial charge in [0.25, 0.3) is 0 Å². The summed E-state index contributed by atoms with van der Waals surface area (Å²) in [5.41, 5.74) is 2.98. The van der Waals surface area contributed by atoms with Gasteiger partial charge in [0, 0.05) is 25.9 Å². The molecule has 1 aliphatic rings. The second-order valence-corrected chi connectivity index (χ2v) is 18.2. The Labute approximate surface area is 260 Å². The number of fused-ring (bicyclic) bond motifs is 1. The molecule has 0 N–H and O–H groups in total. The molecular formula is C36H42FNO5Si. The maximum Gasteiger partial charge on any atom is 0.409 e. The summed E-state index contributed by atoms with van der Waals surface area (Å²) in [5.74, 6) is 1.31. The van der Waals surface area contributed by atoms with E-state index < -0.39 is 8.07 Å². The van der Waals surface area contributed by atoms with E-state index in [0.717, 1.165) is 45.0 Å². The molecule has 1 saturated heterocycles. The zero-order valence-corrected chi connectivity index (χ0v) is 27.1. The molecular weight excluding hydrogens is 573 g/mol. The standard InChI is InChI=1S/C36H42FNO5Si/c1-40-31-10-7-8-26(21-31)24-42-34-22-27(20-29-9-5-6-11-32(29)34)25-43-35-23-38(36(39)41-18-19-44(2,3)4)17-16-33(35)28-12-14-30(37)15-13-28/h5-15,20-22,33,35H,16-19,23-25H2,1-4H3. The summed E-state index contributed by atoms with van der Waals surface area (Å²) in [4.78, 5) is 14.7. The molecule has 2 unspecified atom stereocenters. The van der Waals surface area contributed by atoms with Gasteiger partial charge in [0.05, 0.1) is 33.0 Å². The molecule has 232 valence electrons. The van der Waals surface area contributed by atoms with E-state index in [0.29, 0.717) is 39.3 Å². The van der Waals surface area contributed by atoms with Crippen LogP contribution < -0.4 is 9.47 Å². The highest BCUT2D eigenvalue weighted by Gasteiger charge is 2.34. The number of carbonyl (C=O) groups is 1. The second-order valence-electron chi connectivity index (χ2n) is 12.6. The Hall–Kier alpha value is -3.88. The number of rotatable bonds is 11. The molecule has 0 aliphatic carbocycles. The summed E-state index contributed by atoms with van der Waals surface area (Å²) in [6.07, 6.45) is 0.117. The molecule has 0 radical (unpaired) electrons. The highest BCUT2D eigenvalue weighted by molar-refractivity contribution is 6.76. The lowest BCUT2D eigenvalue weighted by atomic mass is 9.87. The molecule has 1 fully saturated rings. The fourth-order valence-electron chi connectivity index (χ4n) is 5.54. The molecule has 1 amide bonds. The number of carbonyl (C=O) groups excluding carboxylic acids is 1. The lowest BCUT2D eigenvalue weighted by molar-refractivity contribution is -0.0234. The van der Waals surface area contributed by atoms with E-state index in [1.165, 1.54) is 12.1 Å². The van der Waals surface area contributed by atoms with Gasteiger partial charge in [-0.2, -0.15) is 0 Å². The molecule has 0 aromatic heterocycles. The molecule has 1 aliphatic heterocycles. The SMILES string of the molecule is COc1cccc(COc2cc(COC3CN(C(=O)OCC[Si](C)(C)C)CCC3c3ccc(F)cc3)cc3ccccc23)c1. The van der Waals surface area contributed by atoms with Crippen LogP contribution in [-0.2, 0) is 22.7 Å². The third-order valence-electron chi connectivity index (χ3n) is 8.07. The minimum atomic E-state index is -1.32. The van der Waals surface area contributed by atoms with E-state index in [-0.39, 0.29) is 23.9 Å². The number of piperidine rings is 1. The van der Waals surface area contributed by atoms with Gasteiger partial charge in [-0.25, -0.2) is 9.18 Å². The molecule has 8 heteroatoms. The Bertz CT molecular complexity index is 1550. The molecule has 4 aromatic carbocycles. The van der Waals surface area contributed by atoms with Crippen molar-refractivity contribution in [3.8, 4) is 11.5 Å². The molecule has 0 bridgehead atoms. The summed E-state index contributed by atoms with van der Waals surface area (Å²) in [5, 5.41) is 2.08. The molecule has 6 nitrogen and oxygen atoms in total. The van der Waals surface area contributed by atoms with Gasteiger partial charge in [0.2, 0.25) is 0 Å². The van der Waals surface area contributed by atoms with Gasteiger partial charge < -0.3 is 23.8 Å². The Morgan fingerprint density at radius 2 is 1.73 bits per heavy atom. The average Bonchev–Trinajstić information content (AvgIpc) is 3.02. The number of hydrogen-bond acceptors (Lipinski definition) is 5. The second kappa shape index (κ2) is 14.3. The summed E-state index contributed by atoms with van der Waals surface area (Å²) in [6.45, 7) is 8.93. The molecule has 5 rings (SSSR count). The highest BCUT2D eigenvalue weighted by Crippen LogP contribution is 2.33. The zero-order valence-electron chi connectivity index (χ0n) is 26.1. The first kappa shape index (κ1) is 31.5. The van der Waals surface area contributed by atoms with E-state index in [2.05, 4.69) is 37.8 Å². The van der Waals surface area contributed by atoms with Crippen molar-refractivity contribution < 1.29 is 28.1 Å². The maximum atomic E-state index is 13.7. The molecule has 0 saturated carbocycles. The number of hydrogen-bond donors (Lipinski definition) is 0. The van der Waals surface area contributed by atoms with Crippen molar-refractivity contribution in [1.29, 1.82) is 0 Å². The van der Waals surface area contributed by atoms with Crippen LogP contribution in [0.3, 0.4) is 0 Å². The minimum absolute atomic E-state index is 0.0193. The first-order chi connectivity index (χ1) is 21.2. The van der Waals surface area contributed by atoms with Crippen molar-refractivity contribution in [1.82, 2.24) is 4.90 Å². The molecule has 0 spiro atoms. The predicted octanol–water partition coefficient (Wildman–Crippen LogP) is 8.42. The predicted molar refractivity (Wildman–Crippen MR) is 175 cm³/mol. The van der Waals surface area contributed by atoms with Crippen LogP contribution >= 0.6 is 0 Å². The summed E-state index contributed by atoms with van der Waals surface area (Å²) in [6, 6.07) is 27.7. The van der Waals surface area contributed by atoms with Crippen LogP contribution in [0.25, 0.3) is 10.8 Å². The fourth-order valence-corrected chi connectivity index (χ4v) is 6.26.